The minimum absolute atomic E-state index is 0. The van der Waals surface area contributed by atoms with Crippen molar-refractivity contribution in [3.8, 4) is 0 Å². The van der Waals surface area contributed by atoms with Gasteiger partial charge in [-0.15, -0.1) is 12.4 Å². The van der Waals surface area contributed by atoms with Crippen LogP contribution in [0.4, 0.5) is 18.9 Å². The van der Waals surface area contributed by atoms with E-state index < -0.39 is 40.5 Å². The van der Waals surface area contributed by atoms with E-state index in [1.54, 1.807) is 20.8 Å². The third kappa shape index (κ3) is 4.40. The van der Waals surface area contributed by atoms with Crippen molar-refractivity contribution in [2.75, 3.05) is 5.32 Å². The minimum Gasteiger partial charge on any atom is -0.322 e. The van der Waals surface area contributed by atoms with Gasteiger partial charge >= 0.3 is 0 Å². The maximum Gasteiger partial charge on any atom is 0.241 e. The Morgan fingerprint density at radius 1 is 1.16 bits per heavy atom. The highest BCUT2D eigenvalue weighted by Crippen LogP contribution is 2.21. The Balaban J connectivity index is 0.00000324. The summed E-state index contributed by atoms with van der Waals surface area (Å²) in [4.78, 5) is 11.7. The van der Waals surface area contributed by atoms with Crippen LogP contribution in [0.1, 0.15) is 20.8 Å². The van der Waals surface area contributed by atoms with Crippen LogP contribution in [-0.2, 0) is 4.79 Å². The number of carbonyl (C=O) groups is 1. The predicted octanol–water partition coefficient (Wildman–Crippen LogP) is 2.84. The lowest BCUT2D eigenvalue weighted by molar-refractivity contribution is -0.119. The second-order valence-corrected chi connectivity index (χ2v) is 5.08. The van der Waals surface area contributed by atoms with E-state index in [1.807, 2.05) is 0 Å². The van der Waals surface area contributed by atoms with E-state index in [4.69, 9.17) is 5.73 Å². The van der Waals surface area contributed by atoms with Crippen LogP contribution in [0.5, 0.6) is 0 Å². The molecule has 1 aromatic rings. The molecule has 0 saturated carbocycles. The summed E-state index contributed by atoms with van der Waals surface area (Å²) in [5.41, 5.74) is 4.70. The van der Waals surface area contributed by atoms with E-state index in [1.165, 1.54) is 0 Å². The van der Waals surface area contributed by atoms with Crippen LogP contribution in [0.2, 0.25) is 0 Å². The summed E-state index contributed by atoms with van der Waals surface area (Å²) in [6.45, 7) is 5.20. The van der Waals surface area contributed by atoms with E-state index in [0.717, 1.165) is 0 Å². The predicted molar refractivity (Wildman–Crippen MR) is 69.6 cm³/mol. The molecule has 0 aliphatic heterocycles. The Kier molecular flexibility index (Phi) is 5.83. The van der Waals surface area contributed by atoms with Crippen molar-refractivity contribution in [2.24, 2.45) is 11.1 Å². The molecule has 0 aliphatic rings. The minimum atomic E-state index is -1.31. The molecule has 3 N–H and O–H groups in total. The van der Waals surface area contributed by atoms with Gasteiger partial charge < -0.3 is 11.1 Å². The van der Waals surface area contributed by atoms with Gasteiger partial charge in [0.25, 0.3) is 0 Å². The highest BCUT2D eigenvalue weighted by atomic mass is 35.5. The highest BCUT2D eigenvalue weighted by molar-refractivity contribution is 5.95. The summed E-state index contributed by atoms with van der Waals surface area (Å²) in [5.74, 6) is -4.27. The zero-order valence-corrected chi connectivity index (χ0v) is 11.6. The Morgan fingerprint density at radius 2 is 1.63 bits per heavy atom. The molecule has 7 heteroatoms. The van der Waals surface area contributed by atoms with E-state index >= 15 is 0 Å². The van der Waals surface area contributed by atoms with Crippen molar-refractivity contribution in [1.82, 2.24) is 0 Å². The number of benzene rings is 1. The van der Waals surface area contributed by atoms with Gasteiger partial charge in [0.1, 0.15) is 5.82 Å². The molecule has 0 heterocycles. The summed E-state index contributed by atoms with van der Waals surface area (Å²) >= 11 is 0. The molecule has 1 amide bonds. The molecule has 3 nitrogen and oxygen atoms in total. The Bertz CT molecular complexity index is 475. The van der Waals surface area contributed by atoms with E-state index in [2.05, 4.69) is 5.32 Å². The summed E-state index contributed by atoms with van der Waals surface area (Å²) in [7, 11) is 0. The van der Waals surface area contributed by atoms with Crippen molar-refractivity contribution in [2.45, 2.75) is 26.8 Å². The first-order chi connectivity index (χ1) is 8.12. The van der Waals surface area contributed by atoms with Gasteiger partial charge in [-0.3, -0.25) is 4.79 Å². The molecule has 0 saturated heterocycles. The number of hydrogen-bond donors (Lipinski definition) is 2. The van der Waals surface area contributed by atoms with Gasteiger partial charge in [0.15, 0.2) is 11.6 Å². The van der Waals surface area contributed by atoms with Gasteiger partial charge in [0.2, 0.25) is 5.91 Å². The molecule has 0 aliphatic carbocycles. The van der Waals surface area contributed by atoms with Crippen molar-refractivity contribution in [3.05, 3.63) is 29.6 Å². The number of nitrogens with two attached hydrogens (primary N) is 1. The molecule has 0 bridgehead atoms. The fourth-order valence-electron chi connectivity index (χ4n) is 1.22. The molecule has 1 aromatic carbocycles. The van der Waals surface area contributed by atoms with Crippen LogP contribution >= 0.6 is 12.4 Å². The molecule has 0 fully saturated rings. The Hall–Kier alpha value is -1.27. The van der Waals surface area contributed by atoms with Crippen molar-refractivity contribution in [1.29, 1.82) is 0 Å². The number of anilines is 1. The zero-order chi connectivity index (χ0) is 14.1. The average molecular weight is 297 g/mol. The standard InChI is InChI=1S/C12H15F3N2O.ClH/c1-12(2,3)10(16)11(18)17-9-5-7(14)6(13)4-8(9)15;/h4-5,10H,16H2,1-3H3,(H,17,18);1H/t10-;/m1./s1. The second-order valence-electron chi connectivity index (χ2n) is 5.08. The monoisotopic (exact) mass is 296 g/mol. The van der Waals surface area contributed by atoms with E-state index in [-0.39, 0.29) is 12.4 Å². The third-order valence-electron chi connectivity index (χ3n) is 2.48. The van der Waals surface area contributed by atoms with Gasteiger partial charge in [0, 0.05) is 12.1 Å². The Morgan fingerprint density at radius 3 is 2.11 bits per heavy atom. The van der Waals surface area contributed by atoms with Crippen molar-refractivity contribution in [3.63, 3.8) is 0 Å². The maximum atomic E-state index is 13.3. The van der Waals surface area contributed by atoms with E-state index in [0.29, 0.717) is 12.1 Å². The lowest BCUT2D eigenvalue weighted by Gasteiger charge is -2.25. The summed E-state index contributed by atoms with van der Waals surface area (Å²) in [5, 5.41) is 2.14. The van der Waals surface area contributed by atoms with Crippen LogP contribution in [0.3, 0.4) is 0 Å². The van der Waals surface area contributed by atoms with Crippen LogP contribution in [0, 0.1) is 22.9 Å². The molecule has 0 radical (unpaired) electrons. The molecular weight excluding hydrogens is 281 g/mol. The first kappa shape index (κ1) is 17.7. The number of rotatable bonds is 2. The van der Waals surface area contributed by atoms with Gasteiger partial charge in [0.05, 0.1) is 11.7 Å². The molecule has 0 aromatic heterocycles. The average Bonchev–Trinajstić information content (AvgIpc) is 2.23. The quantitative estimate of drug-likeness (QED) is 0.825. The van der Waals surface area contributed by atoms with Crippen LogP contribution in [0.25, 0.3) is 0 Å². The van der Waals surface area contributed by atoms with Gasteiger partial charge in [-0.2, -0.15) is 0 Å². The largest absolute Gasteiger partial charge is 0.322 e. The molecule has 108 valence electrons. The number of carbonyl (C=O) groups excluding carboxylic acids is 1. The zero-order valence-electron chi connectivity index (χ0n) is 10.8. The summed E-state index contributed by atoms with van der Waals surface area (Å²) < 4.78 is 38.9. The lowest BCUT2D eigenvalue weighted by atomic mass is 9.87. The molecule has 0 unspecified atom stereocenters. The van der Waals surface area contributed by atoms with Crippen molar-refractivity contribution < 1.29 is 18.0 Å². The van der Waals surface area contributed by atoms with Crippen LogP contribution in [0.15, 0.2) is 12.1 Å². The molecule has 19 heavy (non-hydrogen) atoms. The fourth-order valence-corrected chi connectivity index (χ4v) is 1.22. The Labute approximate surface area is 115 Å². The van der Waals surface area contributed by atoms with Gasteiger partial charge in [-0.1, -0.05) is 20.8 Å². The molecule has 0 spiro atoms. The first-order valence-electron chi connectivity index (χ1n) is 5.34. The van der Waals surface area contributed by atoms with E-state index in [9.17, 15) is 18.0 Å². The normalized spacial score (nSPS) is 12.6. The first-order valence-corrected chi connectivity index (χ1v) is 5.34. The fraction of sp³-hybridized carbons (Fsp3) is 0.417. The maximum absolute atomic E-state index is 13.3. The number of hydrogen-bond acceptors (Lipinski definition) is 2. The number of halogens is 4. The SMILES string of the molecule is CC(C)(C)[C@H](N)C(=O)Nc1cc(F)c(F)cc1F.Cl. The third-order valence-corrected chi connectivity index (χ3v) is 2.48. The highest BCUT2D eigenvalue weighted by Gasteiger charge is 2.28. The smallest absolute Gasteiger partial charge is 0.241 e. The lowest BCUT2D eigenvalue weighted by Crippen LogP contribution is -2.45. The van der Waals surface area contributed by atoms with Crippen LogP contribution in [-0.4, -0.2) is 11.9 Å². The summed E-state index contributed by atoms with van der Waals surface area (Å²) in [6.07, 6.45) is 0. The number of nitrogens with one attached hydrogen (secondary N) is 1. The van der Waals surface area contributed by atoms with Crippen LogP contribution < -0.4 is 11.1 Å². The number of amides is 1. The molecular formula is C12H16ClF3N2O. The molecule has 1 rings (SSSR count). The van der Waals surface area contributed by atoms with Gasteiger partial charge in [-0.05, 0) is 5.41 Å². The molecule has 1 atom stereocenters. The second kappa shape index (κ2) is 6.25. The van der Waals surface area contributed by atoms with Crippen molar-refractivity contribution >= 4 is 24.0 Å². The summed E-state index contributed by atoms with van der Waals surface area (Å²) in [6, 6.07) is 0.0518. The van der Waals surface area contributed by atoms with Gasteiger partial charge in [-0.25, -0.2) is 13.2 Å². The topological polar surface area (TPSA) is 55.1 Å².